The molecule has 1 amide bonds. The topological polar surface area (TPSA) is 77.0 Å². The number of hydrogen-bond acceptors (Lipinski definition) is 5. The van der Waals surface area contributed by atoms with E-state index in [-0.39, 0.29) is 22.1 Å². The van der Waals surface area contributed by atoms with E-state index in [0.717, 1.165) is 0 Å². The molecule has 6 nitrogen and oxygen atoms in total. The van der Waals surface area contributed by atoms with Gasteiger partial charge in [-0.2, -0.15) is 4.99 Å². The first-order valence-electron chi connectivity index (χ1n) is 5.01. The highest BCUT2D eigenvalue weighted by Gasteiger charge is 2.13. The van der Waals surface area contributed by atoms with Crippen LogP contribution in [-0.4, -0.2) is 25.9 Å². The Labute approximate surface area is 109 Å². The fourth-order valence-corrected chi connectivity index (χ4v) is 1.51. The summed E-state index contributed by atoms with van der Waals surface area (Å²) in [5.41, 5.74) is 0.523. The molecule has 0 saturated carbocycles. The van der Waals surface area contributed by atoms with Crippen molar-refractivity contribution < 1.29 is 19.1 Å². The Bertz CT molecular complexity index is 498. The van der Waals surface area contributed by atoms with Gasteiger partial charge in [0.05, 0.1) is 30.1 Å². The van der Waals surface area contributed by atoms with Gasteiger partial charge >= 0.3 is 6.09 Å². The molecule has 0 fully saturated rings. The summed E-state index contributed by atoms with van der Waals surface area (Å²) in [4.78, 5) is 24.8. The van der Waals surface area contributed by atoms with Gasteiger partial charge in [0.2, 0.25) is 6.08 Å². The molecule has 0 radical (unpaired) electrons. The molecule has 0 spiro atoms. The van der Waals surface area contributed by atoms with Crippen molar-refractivity contribution in [2.75, 3.05) is 19.0 Å². The zero-order chi connectivity index (χ0) is 13.5. The first-order valence-corrected chi connectivity index (χ1v) is 5.39. The smallest absolute Gasteiger partial charge is 0.411 e. The molecule has 0 aliphatic rings. The van der Waals surface area contributed by atoms with E-state index in [0.29, 0.717) is 6.61 Å². The van der Waals surface area contributed by atoms with Crippen molar-refractivity contribution in [3.05, 3.63) is 17.2 Å². The Kier molecular flexibility index (Phi) is 5.17. The van der Waals surface area contributed by atoms with Crippen LogP contribution in [0.2, 0.25) is 5.02 Å². The average Bonchev–Trinajstić information content (AvgIpc) is 2.34. The number of hydrogen-bond donors (Lipinski definition) is 1. The third-order valence-electron chi connectivity index (χ3n) is 1.91. The minimum Gasteiger partial charge on any atom is -0.490 e. The Morgan fingerprint density at radius 2 is 2.28 bits per heavy atom. The number of carbonyl (C=O) groups is 1. The molecule has 0 atom stereocenters. The van der Waals surface area contributed by atoms with Crippen LogP contribution < -0.4 is 10.1 Å². The Morgan fingerprint density at radius 3 is 2.83 bits per heavy atom. The number of halogens is 1. The average molecular weight is 271 g/mol. The van der Waals surface area contributed by atoms with Gasteiger partial charge in [0, 0.05) is 0 Å². The third kappa shape index (κ3) is 3.48. The summed E-state index contributed by atoms with van der Waals surface area (Å²) in [7, 11) is 1.23. The summed E-state index contributed by atoms with van der Waals surface area (Å²) in [6, 6.07) is 2.86. The Morgan fingerprint density at radius 1 is 1.56 bits per heavy atom. The molecule has 0 aliphatic heterocycles. The minimum absolute atomic E-state index is 0.222. The molecule has 0 unspecified atom stereocenters. The third-order valence-corrected chi connectivity index (χ3v) is 2.19. The van der Waals surface area contributed by atoms with Gasteiger partial charge in [-0.3, -0.25) is 5.32 Å². The predicted octanol–water partition coefficient (Wildman–Crippen LogP) is 2.88. The SMILES string of the molecule is CCOc1c(Cl)cc(N=C=O)cc1NC(=O)OC. The van der Waals surface area contributed by atoms with E-state index >= 15 is 0 Å². The summed E-state index contributed by atoms with van der Waals surface area (Å²) in [5, 5.41) is 2.65. The van der Waals surface area contributed by atoms with Crippen molar-refractivity contribution in [3.63, 3.8) is 0 Å². The zero-order valence-electron chi connectivity index (χ0n) is 9.82. The van der Waals surface area contributed by atoms with Crippen LogP contribution in [0.15, 0.2) is 17.1 Å². The number of nitrogens with zero attached hydrogens (tertiary/aromatic N) is 1. The van der Waals surface area contributed by atoms with E-state index in [2.05, 4.69) is 15.0 Å². The van der Waals surface area contributed by atoms with E-state index in [9.17, 15) is 9.59 Å². The molecule has 0 saturated heterocycles. The molecular weight excluding hydrogens is 260 g/mol. The van der Waals surface area contributed by atoms with Crippen LogP contribution in [0.3, 0.4) is 0 Å². The van der Waals surface area contributed by atoms with Gasteiger partial charge in [-0.15, -0.1) is 0 Å². The van der Waals surface area contributed by atoms with Crippen LogP contribution in [0.25, 0.3) is 0 Å². The molecule has 1 N–H and O–H groups in total. The molecule has 0 aliphatic carbocycles. The highest BCUT2D eigenvalue weighted by atomic mass is 35.5. The number of nitrogens with one attached hydrogen (secondary N) is 1. The first kappa shape index (κ1) is 14.0. The van der Waals surface area contributed by atoms with Crippen LogP contribution in [0, 0.1) is 0 Å². The number of aliphatic imine (C=N–C) groups is 1. The van der Waals surface area contributed by atoms with Crippen LogP contribution in [0.1, 0.15) is 6.92 Å². The number of rotatable bonds is 4. The molecular formula is C11H11ClN2O4. The van der Waals surface area contributed by atoms with Crippen molar-refractivity contribution in [3.8, 4) is 5.75 Å². The predicted molar refractivity (Wildman–Crippen MR) is 66.4 cm³/mol. The summed E-state index contributed by atoms with van der Waals surface area (Å²) < 4.78 is 9.77. The molecule has 0 aromatic heterocycles. The lowest BCUT2D eigenvalue weighted by molar-refractivity contribution is 0.186. The fraction of sp³-hybridized carbons (Fsp3) is 0.273. The van der Waals surface area contributed by atoms with Gasteiger partial charge < -0.3 is 9.47 Å². The fourth-order valence-electron chi connectivity index (χ4n) is 1.24. The van der Waals surface area contributed by atoms with Crippen molar-refractivity contribution in [1.29, 1.82) is 0 Å². The van der Waals surface area contributed by atoms with Crippen molar-refractivity contribution in [2.24, 2.45) is 4.99 Å². The minimum atomic E-state index is -0.681. The maximum Gasteiger partial charge on any atom is 0.411 e. The van der Waals surface area contributed by atoms with E-state index in [1.165, 1.54) is 25.3 Å². The van der Waals surface area contributed by atoms with Gasteiger partial charge in [0.15, 0.2) is 5.75 Å². The van der Waals surface area contributed by atoms with Gasteiger partial charge in [-0.25, -0.2) is 9.59 Å². The lowest BCUT2D eigenvalue weighted by atomic mass is 10.2. The van der Waals surface area contributed by atoms with Gasteiger partial charge in [0.25, 0.3) is 0 Å². The lowest BCUT2D eigenvalue weighted by Crippen LogP contribution is -2.12. The number of benzene rings is 1. The largest absolute Gasteiger partial charge is 0.490 e. The van der Waals surface area contributed by atoms with Gasteiger partial charge in [-0.1, -0.05) is 11.6 Å². The molecule has 96 valence electrons. The summed E-state index contributed by atoms with van der Waals surface area (Å²) in [5.74, 6) is 0.286. The maximum atomic E-state index is 11.2. The molecule has 0 heterocycles. The zero-order valence-corrected chi connectivity index (χ0v) is 10.6. The summed E-state index contributed by atoms with van der Waals surface area (Å²) >= 11 is 5.97. The quantitative estimate of drug-likeness (QED) is 0.674. The Hall–Kier alpha value is -2.04. The Balaban J connectivity index is 3.22. The van der Waals surface area contributed by atoms with E-state index in [1.807, 2.05) is 0 Å². The molecule has 1 aromatic rings. The second-order valence-corrected chi connectivity index (χ2v) is 3.46. The number of amides is 1. The summed E-state index contributed by atoms with van der Waals surface area (Å²) in [6.45, 7) is 2.14. The van der Waals surface area contributed by atoms with E-state index in [1.54, 1.807) is 6.92 Å². The number of ether oxygens (including phenoxy) is 2. The van der Waals surface area contributed by atoms with Crippen molar-refractivity contribution in [1.82, 2.24) is 0 Å². The number of isocyanates is 1. The first-order chi connectivity index (χ1) is 8.62. The maximum absolute atomic E-state index is 11.2. The second-order valence-electron chi connectivity index (χ2n) is 3.06. The van der Waals surface area contributed by atoms with Crippen LogP contribution in [0.5, 0.6) is 5.75 Å². The highest BCUT2D eigenvalue weighted by molar-refractivity contribution is 6.33. The molecule has 7 heteroatoms. The molecule has 0 bridgehead atoms. The van der Waals surface area contributed by atoms with Gasteiger partial charge in [-0.05, 0) is 19.1 Å². The second kappa shape index (κ2) is 6.64. The number of anilines is 1. The number of methoxy groups -OCH3 is 1. The van der Waals surface area contributed by atoms with Crippen LogP contribution >= 0.6 is 11.6 Å². The molecule has 1 rings (SSSR count). The van der Waals surface area contributed by atoms with Crippen molar-refractivity contribution in [2.45, 2.75) is 6.92 Å². The monoisotopic (exact) mass is 270 g/mol. The molecule has 1 aromatic carbocycles. The standard InChI is InChI=1S/C11H11ClN2O4/c1-3-18-10-8(12)4-7(13-6-15)5-9(10)14-11(16)17-2/h4-5H,3H2,1-2H3,(H,14,16). The van der Waals surface area contributed by atoms with Crippen LogP contribution in [0.4, 0.5) is 16.2 Å². The van der Waals surface area contributed by atoms with E-state index in [4.69, 9.17) is 16.3 Å². The highest BCUT2D eigenvalue weighted by Crippen LogP contribution is 2.37. The lowest BCUT2D eigenvalue weighted by Gasteiger charge is -2.12. The normalized spacial score (nSPS) is 9.28. The molecule has 18 heavy (non-hydrogen) atoms. The van der Waals surface area contributed by atoms with E-state index < -0.39 is 6.09 Å². The summed E-state index contributed by atoms with van der Waals surface area (Å²) in [6.07, 6.45) is 0.708. The van der Waals surface area contributed by atoms with Crippen molar-refractivity contribution >= 4 is 35.1 Å². The number of carbonyl (C=O) groups excluding carboxylic acids is 2. The van der Waals surface area contributed by atoms with Gasteiger partial charge in [0.1, 0.15) is 0 Å². The van der Waals surface area contributed by atoms with Crippen LogP contribution in [-0.2, 0) is 9.53 Å².